The summed E-state index contributed by atoms with van der Waals surface area (Å²) in [6, 6.07) is 15.6. The van der Waals surface area contributed by atoms with Crippen molar-refractivity contribution in [2.45, 2.75) is 53.4 Å². The number of hydrogen-bond acceptors (Lipinski definition) is 3. The third-order valence-corrected chi connectivity index (χ3v) is 5.56. The Kier molecular flexibility index (Phi) is 7.42. The molecule has 164 valence electrons. The number of hydrogen-bond donors (Lipinski definition) is 2. The smallest absolute Gasteiger partial charge is 0.337 e. The van der Waals surface area contributed by atoms with E-state index in [4.69, 9.17) is 16.3 Å². The van der Waals surface area contributed by atoms with Crippen molar-refractivity contribution in [2.75, 3.05) is 0 Å². The zero-order valence-electron chi connectivity index (χ0n) is 18.4. The number of nitrogens with one attached hydrogen (secondary N) is 1. The van der Waals surface area contributed by atoms with Crippen LogP contribution in [0.3, 0.4) is 0 Å². The van der Waals surface area contributed by atoms with Gasteiger partial charge in [-0.3, -0.25) is 0 Å². The molecule has 3 aromatic rings. The summed E-state index contributed by atoms with van der Waals surface area (Å²) >= 11 is 5.99. The Hall–Kier alpha value is -2.76. The third-order valence-electron chi connectivity index (χ3n) is 5.30. The highest BCUT2D eigenvalue weighted by Gasteiger charge is 2.22. The van der Waals surface area contributed by atoms with Crippen LogP contribution >= 0.6 is 11.6 Å². The molecule has 6 heteroatoms. The van der Waals surface area contributed by atoms with E-state index in [1.165, 1.54) is 0 Å². The lowest BCUT2D eigenvalue weighted by molar-refractivity contribution is 0.0694. The monoisotopic (exact) mass is 440 g/mol. The largest absolute Gasteiger partial charge is 0.491 e. The van der Waals surface area contributed by atoms with E-state index in [0.29, 0.717) is 30.2 Å². The predicted octanol–water partition coefficient (Wildman–Crippen LogP) is 5.58. The van der Waals surface area contributed by atoms with Crippen molar-refractivity contribution in [3.05, 3.63) is 87.2 Å². The number of ether oxygens (including phenoxy) is 1. The second kappa shape index (κ2) is 10.0. The molecule has 2 aromatic carbocycles. The van der Waals surface area contributed by atoms with Crippen LogP contribution in [0, 0.1) is 13.8 Å². The van der Waals surface area contributed by atoms with Crippen LogP contribution in [0.4, 0.5) is 0 Å². The molecule has 1 aromatic heterocycles. The van der Waals surface area contributed by atoms with Crippen LogP contribution in [0.1, 0.15) is 52.3 Å². The summed E-state index contributed by atoms with van der Waals surface area (Å²) in [6.45, 7) is 9.56. The van der Waals surface area contributed by atoms with Crippen molar-refractivity contribution < 1.29 is 14.6 Å². The highest BCUT2D eigenvalue weighted by Crippen LogP contribution is 2.24. The summed E-state index contributed by atoms with van der Waals surface area (Å²) in [5, 5.41) is 13.9. The Labute approximate surface area is 188 Å². The molecule has 5 nitrogen and oxygen atoms in total. The van der Waals surface area contributed by atoms with Crippen LogP contribution in [-0.4, -0.2) is 21.7 Å². The Morgan fingerprint density at radius 3 is 2.19 bits per heavy atom. The summed E-state index contributed by atoms with van der Waals surface area (Å²) in [7, 11) is 0. The van der Waals surface area contributed by atoms with Crippen LogP contribution in [0.2, 0.25) is 5.02 Å². The summed E-state index contributed by atoms with van der Waals surface area (Å²) in [5.41, 5.74) is 5.09. The number of benzene rings is 2. The SMILES string of the molecule is Cc1c(CNCc2ccc(OC(C)C)cc2)c(C(=O)O)c(C)n1Cc1ccc(Cl)cc1. The fraction of sp³-hybridized carbons (Fsp3) is 0.320. The van der Waals surface area contributed by atoms with Gasteiger partial charge in [0.05, 0.1) is 11.7 Å². The van der Waals surface area contributed by atoms with E-state index < -0.39 is 5.97 Å². The lowest BCUT2D eigenvalue weighted by Crippen LogP contribution is -2.15. The van der Waals surface area contributed by atoms with Crippen molar-refractivity contribution in [3.8, 4) is 5.75 Å². The molecule has 0 radical (unpaired) electrons. The number of halogens is 1. The normalized spacial score (nSPS) is 11.2. The van der Waals surface area contributed by atoms with E-state index in [0.717, 1.165) is 33.8 Å². The molecule has 1 heterocycles. The fourth-order valence-corrected chi connectivity index (χ4v) is 3.87. The van der Waals surface area contributed by atoms with Crippen LogP contribution in [0.25, 0.3) is 0 Å². The Bertz CT molecular complexity index is 1040. The number of carbonyl (C=O) groups is 1. The number of aromatic nitrogens is 1. The van der Waals surface area contributed by atoms with Crippen molar-refractivity contribution in [1.29, 1.82) is 0 Å². The molecule has 0 aliphatic rings. The van der Waals surface area contributed by atoms with Crippen molar-refractivity contribution in [1.82, 2.24) is 9.88 Å². The topological polar surface area (TPSA) is 63.5 Å². The summed E-state index contributed by atoms with van der Waals surface area (Å²) in [4.78, 5) is 12.0. The van der Waals surface area contributed by atoms with E-state index in [9.17, 15) is 9.90 Å². The molecule has 3 rings (SSSR count). The zero-order chi connectivity index (χ0) is 22.5. The van der Waals surface area contributed by atoms with Crippen LogP contribution in [-0.2, 0) is 19.6 Å². The quantitative estimate of drug-likeness (QED) is 0.455. The zero-order valence-corrected chi connectivity index (χ0v) is 19.2. The molecule has 0 amide bonds. The highest BCUT2D eigenvalue weighted by molar-refractivity contribution is 6.30. The van der Waals surface area contributed by atoms with Gasteiger partial charge in [0.2, 0.25) is 0 Å². The van der Waals surface area contributed by atoms with Crippen molar-refractivity contribution >= 4 is 17.6 Å². The lowest BCUT2D eigenvalue weighted by atomic mass is 10.1. The molecule has 0 bridgehead atoms. The van der Waals surface area contributed by atoms with Crippen molar-refractivity contribution in [3.63, 3.8) is 0 Å². The average molecular weight is 441 g/mol. The highest BCUT2D eigenvalue weighted by atomic mass is 35.5. The standard InChI is InChI=1S/C25H29ClN2O3/c1-16(2)31-22-11-7-19(8-12-22)13-27-14-23-17(3)28(18(4)24(23)25(29)30)15-20-5-9-21(26)10-6-20/h5-12,16,27H,13-15H2,1-4H3,(H,29,30). The predicted molar refractivity (Wildman–Crippen MR) is 124 cm³/mol. The maximum absolute atomic E-state index is 12.0. The first-order valence-electron chi connectivity index (χ1n) is 10.4. The number of nitrogens with zero attached hydrogens (tertiary/aromatic N) is 1. The first-order valence-corrected chi connectivity index (χ1v) is 10.8. The molecule has 0 saturated carbocycles. The Balaban J connectivity index is 1.74. The van der Waals surface area contributed by atoms with Gasteiger partial charge in [0.1, 0.15) is 5.75 Å². The molecule has 0 atom stereocenters. The Morgan fingerprint density at radius 1 is 1.00 bits per heavy atom. The summed E-state index contributed by atoms with van der Waals surface area (Å²) in [6.07, 6.45) is 0.140. The Morgan fingerprint density at radius 2 is 1.61 bits per heavy atom. The fourth-order valence-electron chi connectivity index (χ4n) is 3.75. The van der Waals surface area contributed by atoms with Gasteiger partial charge in [-0.1, -0.05) is 35.9 Å². The second-order valence-corrected chi connectivity index (χ2v) is 8.39. The number of carboxylic acids is 1. The third kappa shape index (κ3) is 5.69. The lowest BCUT2D eigenvalue weighted by Gasteiger charge is -2.11. The van der Waals surface area contributed by atoms with Crippen LogP contribution in [0.15, 0.2) is 48.5 Å². The minimum Gasteiger partial charge on any atom is -0.491 e. The van der Waals surface area contributed by atoms with Crippen LogP contribution in [0.5, 0.6) is 5.75 Å². The molecule has 0 spiro atoms. The van der Waals surface area contributed by atoms with E-state index >= 15 is 0 Å². The maximum Gasteiger partial charge on any atom is 0.337 e. The van der Waals surface area contributed by atoms with Gasteiger partial charge in [-0.05, 0) is 63.1 Å². The van der Waals surface area contributed by atoms with Gasteiger partial charge in [0.25, 0.3) is 0 Å². The van der Waals surface area contributed by atoms with Gasteiger partial charge in [-0.2, -0.15) is 0 Å². The van der Waals surface area contributed by atoms with Crippen LogP contribution < -0.4 is 10.1 Å². The molecule has 0 aliphatic carbocycles. The maximum atomic E-state index is 12.0. The van der Waals surface area contributed by atoms with Gasteiger partial charge >= 0.3 is 5.97 Å². The van der Waals surface area contributed by atoms with Gasteiger partial charge in [-0.25, -0.2) is 4.79 Å². The minimum absolute atomic E-state index is 0.140. The van der Waals surface area contributed by atoms with E-state index in [1.54, 1.807) is 0 Å². The number of carboxylic acid groups (broad SMARTS) is 1. The number of rotatable bonds is 9. The van der Waals surface area contributed by atoms with E-state index in [2.05, 4.69) is 9.88 Å². The molecule has 0 fully saturated rings. The molecule has 2 N–H and O–H groups in total. The molecule has 31 heavy (non-hydrogen) atoms. The summed E-state index contributed by atoms with van der Waals surface area (Å²) in [5.74, 6) is -0.0555. The first-order chi connectivity index (χ1) is 14.8. The van der Waals surface area contributed by atoms with Crippen molar-refractivity contribution in [2.24, 2.45) is 0 Å². The molecule has 0 aliphatic heterocycles. The number of aromatic carboxylic acids is 1. The molecular weight excluding hydrogens is 412 g/mol. The van der Waals surface area contributed by atoms with Gasteiger partial charge in [-0.15, -0.1) is 0 Å². The molecule has 0 saturated heterocycles. The first kappa shape index (κ1) is 22.9. The van der Waals surface area contributed by atoms with E-state index in [1.807, 2.05) is 76.2 Å². The average Bonchev–Trinajstić information content (AvgIpc) is 2.95. The van der Waals surface area contributed by atoms with E-state index in [-0.39, 0.29) is 6.10 Å². The van der Waals surface area contributed by atoms with Gasteiger partial charge in [0, 0.05) is 41.6 Å². The molecule has 0 unspecified atom stereocenters. The summed E-state index contributed by atoms with van der Waals surface area (Å²) < 4.78 is 7.73. The molecular formula is C25H29ClN2O3. The minimum atomic E-state index is -0.901. The van der Waals surface area contributed by atoms with Gasteiger partial charge in [0.15, 0.2) is 0 Å². The van der Waals surface area contributed by atoms with Gasteiger partial charge < -0.3 is 19.7 Å². The second-order valence-electron chi connectivity index (χ2n) is 7.96.